The van der Waals surface area contributed by atoms with E-state index in [2.05, 4.69) is 40.4 Å². The van der Waals surface area contributed by atoms with Crippen molar-refractivity contribution in [1.82, 2.24) is 9.97 Å². The number of benzene rings is 1. The lowest BCUT2D eigenvalue weighted by atomic mass is 10.2. The lowest BCUT2D eigenvalue weighted by molar-refractivity contribution is 0.975. The minimum Gasteiger partial charge on any atom is -0.384 e. The van der Waals surface area contributed by atoms with Crippen LogP contribution in [0.15, 0.2) is 36.8 Å². The molecule has 0 radical (unpaired) electrons. The maximum atomic E-state index is 3.98. The summed E-state index contributed by atoms with van der Waals surface area (Å²) in [5, 5.41) is 3.40. The number of nitrogens with one attached hydrogen (secondary N) is 2. The zero-order valence-electron chi connectivity index (χ0n) is 8.83. The molecule has 0 bridgehead atoms. The molecule has 0 spiro atoms. The van der Waals surface area contributed by atoms with Crippen molar-refractivity contribution in [3.8, 4) is 0 Å². The molecule has 2 N–H and O–H groups in total. The van der Waals surface area contributed by atoms with Gasteiger partial charge in [0.25, 0.3) is 0 Å². The summed E-state index contributed by atoms with van der Waals surface area (Å²) in [6.07, 6.45) is 4.54. The predicted molar refractivity (Wildman–Crippen MR) is 62.0 cm³/mol. The number of hydrogen-bond donors (Lipinski definition) is 2. The molecule has 0 amide bonds. The molecule has 0 aliphatic carbocycles. The summed E-state index contributed by atoms with van der Waals surface area (Å²) in [7, 11) is 0. The molecular formula is C12H15N3. The second-order valence-electron chi connectivity index (χ2n) is 3.57. The minimum atomic E-state index is 0.924. The Labute approximate surface area is 89.6 Å². The van der Waals surface area contributed by atoms with Crippen molar-refractivity contribution in [2.24, 2.45) is 0 Å². The predicted octanol–water partition coefficient (Wildman–Crippen LogP) is 2.37. The van der Waals surface area contributed by atoms with Crippen LogP contribution in [0.3, 0.4) is 0 Å². The van der Waals surface area contributed by atoms with Crippen LogP contribution in [0, 0.1) is 6.92 Å². The number of aryl methyl sites for hydroxylation is 1. The lowest BCUT2D eigenvalue weighted by Gasteiger charge is -2.07. The number of anilines is 1. The van der Waals surface area contributed by atoms with E-state index in [1.807, 2.05) is 12.3 Å². The average Bonchev–Trinajstić information content (AvgIpc) is 2.74. The van der Waals surface area contributed by atoms with Crippen molar-refractivity contribution in [2.75, 3.05) is 11.9 Å². The fourth-order valence-corrected chi connectivity index (χ4v) is 1.52. The van der Waals surface area contributed by atoms with Gasteiger partial charge in [0.05, 0.1) is 6.33 Å². The van der Waals surface area contributed by atoms with Gasteiger partial charge in [-0.2, -0.15) is 0 Å². The third-order valence-corrected chi connectivity index (χ3v) is 2.41. The summed E-state index contributed by atoms with van der Waals surface area (Å²) in [5.41, 5.74) is 3.65. The molecule has 15 heavy (non-hydrogen) atoms. The van der Waals surface area contributed by atoms with Gasteiger partial charge in [-0.15, -0.1) is 0 Å². The Hall–Kier alpha value is -1.77. The van der Waals surface area contributed by atoms with Gasteiger partial charge in [-0.05, 0) is 18.6 Å². The summed E-state index contributed by atoms with van der Waals surface area (Å²) < 4.78 is 0. The van der Waals surface area contributed by atoms with E-state index < -0.39 is 0 Å². The van der Waals surface area contributed by atoms with Gasteiger partial charge in [0.15, 0.2) is 0 Å². The van der Waals surface area contributed by atoms with Crippen LogP contribution in [0.4, 0.5) is 5.69 Å². The van der Waals surface area contributed by atoms with Crippen LogP contribution in [0.2, 0.25) is 0 Å². The summed E-state index contributed by atoms with van der Waals surface area (Å²) in [5.74, 6) is 0. The number of aromatic nitrogens is 2. The highest BCUT2D eigenvalue weighted by Crippen LogP contribution is 2.12. The molecule has 2 aromatic rings. The van der Waals surface area contributed by atoms with E-state index in [9.17, 15) is 0 Å². The average molecular weight is 201 g/mol. The van der Waals surface area contributed by atoms with E-state index in [1.54, 1.807) is 6.33 Å². The maximum absolute atomic E-state index is 3.98. The molecule has 0 fully saturated rings. The summed E-state index contributed by atoms with van der Waals surface area (Å²) in [6, 6.07) is 8.31. The smallest absolute Gasteiger partial charge is 0.0921 e. The van der Waals surface area contributed by atoms with Crippen molar-refractivity contribution in [3.05, 3.63) is 48.0 Å². The van der Waals surface area contributed by atoms with Crippen LogP contribution in [0.25, 0.3) is 0 Å². The van der Waals surface area contributed by atoms with E-state index >= 15 is 0 Å². The summed E-state index contributed by atoms with van der Waals surface area (Å²) in [4.78, 5) is 7.07. The fourth-order valence-electron chi connectivity index (χ4n) is 1.52. The molecule has 0 saturated carbocycles. The summed E-state index contributed by atoms with van der Waals surface area (Å²) in [6.45, 7) is 3.03. The second kappa shape index (κ2) is 4.64. The van der Waals surface area contributed by atoms with Gasteiger partial charge in [0.1, 0.15) is 0 Å². The first-order chi connectivity index (χ1) is 7.36. The van der Waals surface area contributed by atoms with Gasteiger partial charge in [-0.1, -0.05) is 18.2 Å². The highest BCUT2D eigenvalue weighted by Gasteiger charge is 1.96. The molecule has 3 nitrogen and oxygen atoms in total. The van der Waals surface area contributed by atoms with Gasteiger partial charge in [0, 0.05) is 30.5 Å². The second-order valence-corrected chi connectivity index (χ2v) is 3.57. The first-order valence-corrected chi connectivity index (χ1v) is 5.13. The fraction of sp³-hybridized carbons (Fsp3) is 0.250. The third-order valence-electron chi connectivity index (χ3n) is 2.41. The number of aromatic amines is 1. The van der Waals surface area contributed by atoms with E-state index in [0.29, 0.717) is 0 Å². The van der Waals surface area contributed by atoms with E-state index in [1.165, 1.54) is 11.3 Å². The quantitative estimate of drug-likeness (QED) is 0.797. The zero-order chi connectivity index (χ0) is 10.5. The third kappa shape index (κ3) is 2.59. The molecule has 1 heterocycles. The molecule has 0 aliphatic rings. The van der Waals surface area contributed by atoms with Gasteiger partial charge in [-0.3, -0.25) is 0 Å². The zero-order valence-corrected chi connectivity index (χ0v) is 8.83. The monoisotopic (exact) mass is 201 g/mol. The molecule has 0 unspecified atom stereocenters. The van der Waals surface area contributed by atoms with Crippen molar-refractivity contribution < 1.29 is 0 Å². The number of H-pyrrole nitrogens is 1. The van der Waals surface area contributed by atoms with Crippen LogP contribution in [-0.4, -0.2) is 16.5 Å². The SMILES string of the molecule is Cc1ccccc1NCCc1cnc[nH]1. The van der Waals surface area contributed by atoms with Crippen LogP contribution >= 0.6 is 0 Å². The van der Waals surface area contributed by atoms with Crippen LogP contribution in [0.1, 0.15) is 11.3 Å². The molecule has 1 aromatic carbocycles. The number of hydrogen-bond acceptors (Lipinski definition) is 2. The van der Waals surface area contributed by atoms with Crippen molar-refractivity contribution >= 4 is 5.69 Å². The Morgan fingerprint density at radius 2 is 2.20 bits per heavy atom. The van der Waals surface area contributed by atoms with Crippen LogP contribution in [0.5, 0.6) is 0 Å². The number of rotatable bonds is 4. The molecule has 0 atom stereocenters. The van der Waals surface area contributed by atoms with Gasteiger partial charge in [-0.25, -0.2) is 4.98 Å². The molecule has 0 saturated heterocycles. The Kier molecular flexibility index (Phi) is 3.02. The van der Waals surface area contributed by atoms with Gasteiger partial charge >= 0.3 is 0 Å². The number of para-hydroxylation sites is 1. The van der Waals surface area contributed by atoms with Gasteiger partial charge < -0.3 is 10.3 Å². The molecule has 2 rings (SSSR count). The maximum Gasteiger partial charge on any atom is 0.0921 e. The van der Waals surface area contributed by atoms with Crippen molar-refractivity contribution in [1.29, 1.82) is 0 Å². The molecule has 1 aromatic heterocycles. The first-order valence-electron chi connectivity index (χ1n) is 5.13. The first kappa shape index (κ1) is 9.77. The highest BCUT2D eigenvalue weighted by molar-refractivity contribution is 5.50. The molecule has 3 heteroatoms. The number of imidazole rings is 1. The number of nitrogens with zero attached hydrogens (tertiary/aromatic N) is 1. The van der Waals surface area contributed by atoms with Crippen molar-refractivity contribution in [2.45, 2.75) is 13.3 Å². The lowest BCUT2D eigenvalue weighted by Crippen LogP contribution is -2.05. The Balaban J connectivity index is 1.86. The summed E-state index contributed by atoms with van der Waals surface area (Å²) >= 11 is 0. The Morgan fingerprint density at radius 3 is 2.93 bits per heavy atom. The van der Waals surface area contributed by atoms with E-state index in [-0.39, 0.29) is 0 Å². The Morgan fingerprint density at radius 1 is 1.33 bits per heavy atom. The highest BCUT2D eigenvalue weighted by atomic mass is 14.9. The molecule has 78 valence electrons. The normalized spacial score (nSPS) is 10.2. The standard InChI is InChI=1S/C12H15N3/c1-10-4-2-3-5-12(10)14-7-6-11-8-13-9-15-11/h2-5,8-9,14H,6-7H2,1H3,(H,13,15). The molecule has 0 aliphatic heterocycles. The van der Waals surface area contributed by atoms with E-state index in [0.717, 1.165) is 18.7 Å². The Bertz CT molecular complexity index is 407. The van der Waals surface area contributed by atoms with E-state index in [4.69, 9.17) is 0 Å². The topological polar surface area (TPSA) is 40.7 Å². The minimum absolute atomic E-state index is 0.924. The van der Waals surface area contributed by atoms with Crippen LogP contribution in [-0.2, 0) is 6.42 Å². The van der Waals surface area contributed by atoms with Gasteiger partial charge in [0.2, 0.25) is 0 Å². The largest absolute Gasteiger partial charge is 0.384 e. The van der Waals surface area contributed by atoms with Crippen molar-refractivity contribution in [3.63, 3.8) is 0 Å². The van der Waals surface area contributed by atoms with Crippen LogP contribution < -0.4 is 5.32 Å². The molecular weight excluding hydrogens is 186 g/mol.